The van der Waals surface area contributed by atoms with Crippen molar-refractivity contribution in [2.24, 2.45) is 5.92 Å². The van der Waals surface area contributed by atoms with Gasteiger partial charge < -0.3 is 4.74 Å². The first-order chi connectivity index (χ1) is 12.3. The third-order valence-electron chi connectivity index (χ3n) is 4.50. The zero-order chi connectivity index (χ0) is 18.9. The van der Waals surface area contributed by atoms with Crippen LogP contribution >= 0.6 is 15.9 Å². The Bertz CT molecular complexity index is 866. The number of benzene rings is 1. The Morgan fingerprint density at radius 1 is 1.23 bits per heavy atom. The van der Waals surface area contributed by atoms with Gasteiger partial charge in [0.2, 0.25) is 0 Å². The highest BCUT2D eigenvalue weighted by Gasteiger charge is 2.35. The number of fused-ring (bicyclic) bond motifs is 1. The second-order valence-electron chi connectivity index (χ2n) is 6.50. The van der Waals surface area contributed by atoms with Gasteiger partial charge in [-0.2, -0.15) is 0 Å². The minimum absolute atomic E-state index is 0.0344. The minimum atomic E-state index is -3.01. The van der Waals surface area contributed by atoms with Gasteiger partial charge >= 0.3 is 5.97 Å². The molecule has 0 spiro atoms. The quantitative estimate of drug-likeness (QED) is 0.377. The van der Waals surface area contributed by atoms with Crippen LogP contribution in [0, 0.1) is 5.92 Å². The average molecular weight is 444 g/mol. The number of esters is 1. The average Bonchev–Trinajstić information content (AvgIpc) is 3.02. The molecule has 0 bridgehead atoms. The summed E-state index contributed by atoms with van der Waals surface area (Å²) in [5, 5.41) is 0. The Hall–Kier alpha value is -1.74. The predicted molar refractivity (Wildman–Crippen MR) is 96.5 cm³/mol. The molecule has 0 saturated carbocycles. The van der Waals surface area contributed by atoms with Crippen LogP contribution in [0.3, 0.4) is 0 Å². The number of imide groups is 1. The lowest BCUT2D eigenvalue weighted by Crippen LogP contribution is -2.31. The summed E-state index contributed by atoms with van der Waals surface area (Å²) in [5.41, 5.74) is 0.737. The molecule has 0 aliphatic carbocycles. The maximum Gasteiger partial charge on any atom is 0.306 e. The number of carbonyl (C=O) groups excluding carboxylic acids is 3. The molecule has 9 heteroatoms. The van der Waals surface area contributed by atoms with Gasteiger partial charge in [0.05, 0.1) is 29.2 Å². The summed E-state index contributed by atoms with van der Waals surface area (Å²) >= 11 is 3.28. The van der Waals surface area contributed by atoms with E-state index in [1.165, 1.54) is 0 Å². The summed E-state index contributed by atoms with van der Waals surface area (Å²) in [5.74, 6) is -1.16. The summed E-state index contributed by atoms with van der Waals surface area (Å²) in [4.78, 5) is 37.5. The van der Waals surface area contributed by atoms with Crippen molar-refractivity contribution in [3.8, 4) is 0 Å². The fourth-order valence-electron chi connectivity index (χ4n) is 3.20. The lowest BCUT2D eigenvalue weighted by molar-refractivity contribution is -0.144. The number of amides is 2. The van der Waals surface area contributed by atoms with E-state index in [-0.39, 0.29) is 48.8 Å². The molecule has 1 fully saturated rings. The van der Waals surface area contributed by atoms with Gasteiger partial charge in [0.1, 0.15) is 0 Å². The molecule has 2 aliphatic rings. The van der Waals surface area contributed by atoms with Gasteiger partial charge in [0, 0.05) is 17.4 Å². The Balaban J connectivity index is 1.44. The van der Waals surface area contributed by atoms with E-state index in [2.05, 4.69) is 15.9 Å². The van der Waals surface area contributed by atoms with Crippen LogP contribution in [0.25, 0.3) is 0 Å². The topological polar surface area (TPSA) is 97.8 Å². The van der Waals surface area contributed by atoms with Crippen molar-refractivity contribution in [2.75, 3.05) is 24.7 Å². The minimum Gasteiger partial charge on any atom is -0.466 e. The maximum absolute atomic E-state index is 12.3. The zero-order valence-corrected chi connectivity index (χ0v) is 16.3. The molecule has 2 aliphatic heterocycles. The number of nitrogens with zero attached hydrogens (tertiary/aromatic N) is 1. The summed E-state index contributed by atoms with van der Waals surface area (Å²) in [6.45, 7) is 0.241. The van der Waals surface area contributed by atoms with E-state index in [1.807, 2.05) is 0 Å². The summed E-state index contributed by atoms with van der Waals surface area (Å²) < 4.78 is 28.6. The Morgan fingerprint density at radius 3 is 2.65 bits per heavy atom. The molecule has 0 N–H and O–H groups in total. The molecule has 2 heterocycles. The van der Waals surface area contributed by atoms with Gasteiger partial charge in [0.15, 0.2) is 9.84 Å². The molecule has 26 heavy (non-hydrogen) atoms. The maximum atomic E-state index is 12.3. The lowest BCUT2D eigenvalue weighted by atomic mass is 10.1. The molecule has 2 amide bonds. The number of ether oxygens (including phenoxy) is 1. The van der Waals surface area contributed by atoms with Crippen molar-refractivity contribution < 1.29 is 27.5 Å². The van der Waals surface area contributed by atoms with Gasteiger partial charge in [-0.15, -0.1) is 0 Å². The third kappa shape index (κ3) is 4.15. The van der Waals surface area contributed by atoms with Crippen LogP contribution in [0.4, 0.5) is 0 Å². The van der Waals surface area contributed by atoms with E-state index in [0.29, 0.717) is 24.0 Å². The Morgan fingerprint density at radius 2 is 1.96 bits per heavy atom. The van der Waals surface area contributed by atoms with Crippen molar-refractivity contribution in [1.29, 1.82) is 0 Å². The van der Waals surface area contributed by atoms with Crippen LogP contribution in [0.15, 0.2) is 22.7 Å². The molecule has 3 rings (SSSR count). The van der Waals surface area contributed by atoms with Crippen LogP contribution in [0.5, 0.6) is 0 Å². The number of sulfone groups is 1. The molecule has 7 nitrogen and oxygen atoms in total. The van der Waals surface area contributed by atoms with Gasteiger partial charge in [-0.05, 0) is 37.0 Å². The Labute approximate surface area is 159 Å². The molecular weight excluding hydrogens is 426 g/mol. The fraction of sp³-hybridized carbons (Fsp3) is 0.471. The highest BCUT2D eigenvalue weighted by atomic mass is 79.9. The third-order valence-corrected chi connectivity index (χ3v) is 6.83. The van der Waals surface area contributed by atoms with Crippen LogP contribution in [0.1, 0.15) is 40.0 Å². The molecular formula is C17H18BrNO6S. The lowest BCUT2D eigenvalue weighted by Gasteiger charge is -2.14. The zero-order valence-electron chi connectivity index (χ0n) is 13.9. The number of rotatable bonds is 6. The standard InChI is InChI=1S/C17H18BrNO6S/c18-12-2-3-13-14(9-12)17(22)19(16(13)21)5-1-6-25-15(20)8-11-4-7-26(23,24)10-11/h2-3,9,11H,1,4-8,10H2/t11-/m1/s1. The van der Waals surface area contributed by atoms with Gasteiger partial charge in [-0.1, -0.05) is 15.9 Å². The summed E-state index contributed by atoms with van der Waals surface area (Å²) in [7, 11) is -3.01. The molecule has 140 valence electrons. The summed E-state index contributed by atoms with van der Waals surface area (Å²) in [6.07, 6.45) is 0.906. The highest BCUT2D eigenvalue weighted by Crippen LogP contribution is 2.26. The fourth-order valence-corrected chi connectivity index (χ4v) is 5.43. The number of halogens is 1. The number of carbonyl (C=O) groups is 3. The van der Waals surface area contributed by atoms with E-state index in [1.54, 1.807) is 18.2 Å². The van der Waals surface area contributed by atoms with Crippen molar-refractivity contribution in [3.05, 3.63) is 33.8 Å². The van der Waals surface area contributed by atoms with Crippen LogP contribution in [-0.4, -0.2) is 55.8 Å². The normalized spacial score (nSPS) is 21.1. The molecule has 0 aromatic heterocycles. The van der Waals surface area contributed by atoms with Crippen molar-refractivity contribution in [3.63, 3.8) is 0 Å². The highest BCUT2D eigenvalue weighted by molar-refractivity contribution is 9.10. The van der Waals surface area contributed by atoms with E-state index in [9.17, 15) is 22.8 Å². The molecule has 0 radical (unpaired) electrons. The van der Waals surface area contributed by atoms with Crippen molar-refractivity contribution in [1.82, 2.24) is 4.90 Å². The summed E-state index contributed by atoms with van der Waals surface area (Å²) in [6, 6.07) is 4.93. The molecule has 1 aromatic rings. The second kappa shape index (κ2) is 7.48. The largest absolute Gasteiger partial charge is 0.466 e. The van der Waals surface area contributed by atoms with E-state index < -0.39 is 15.8 Å². The first-order valence-corrected chi connectivity index (χ1v) is 10.9. The number of hydrogen-bond acceptors (Lipinski definition) is 6. The van der Waals surface area contributed by atoms with Gasteiger partial charge in [0.25, 0.3) is 11.8 Å². The number of hydrogen-bond donors (Lipinski definition) is 0. The van der Waals surface area contributed by atoms with Crippen molar-refractivity contribution in [2.45, 2.75) is 19.3 Å². The molecule has 1 saturated heterocycles. The molecule has 0 unspecified atom stereocenters. The second-order valence-corrected chi connectivity index (χ2v) is 9.64. The van der Waals surface area contributed by atoms with Gasteiger partial charge in [-0.3, -0.25) is 19.3 Å². The van der Waals surface area contributed by atoms with Crippen LogP contribution in [-0.2, 0) is 19.4 Å². The van der Waals surface area contributed by atoms with E-state index >= 15 is 0 Å². The van der Waals surface area contributed by atoms with E-state index in [0.717, 1.165) is 9.37 Å². The molecule has 1 aromatic carbocycles. The smallest absolute Gasteiger partial charge is 0.306 e. The Kier molecular flexibility index (Phi) is 5.47. The van der Waals surface area contributed by atoms with E-state index in [4.69, 9.17) is 4.74 Å². The first-order valence-electron chi connectivity index (χ1n) is 8.28. The first kappa shape index (κ1) is 19.0. The SMILES string of the molecule is O=C(C[C@H]1CCS(=O)(=O)C1)OCCCN1C(=O)c2ccc(Br)cc2C1=O. The van der Waals surface area contributed by atoms with Crippen LogP contribution < -0.4 is 0 Å². The monoisotopic (exact) mass is 443 g/mol. The van der Waals surface area contributed by atoms with Crippen LogP contribution in [0.2, 0.25) is 0 Å². The molecule has 1 atom stereocenters. The van der Waals surface area contributed by atoms with Crippen molar-refractivity contribution >= 4 is 43.6 Å². The van der Waals surface area contributed by atoms with Gasteiger partial charge in [-0.25, -0.2) is 8.42 Å². The predicted octanol–water partition coefficient (Wildman–Crippen LogP) is 1.80.